The summed E-state index contributed by atoms with van der Waals surface area (Å²) in [4.78, 5) is 36.8. The van der Waals surface area contributed by atoms with Crippen molar-refractivity contribution >= 4 is 23.3 Å². The summed E-state index contributed by atoms with van der Waals surface area (Å²) in [5.41, 5.74) is 7.34. The molecule has 0 unspecified atom stereocenters. The maximum atomic E-state index is 13.3. The third-order valence-electron chi connectivity index (χ3n) is 6.88. The van der Waals surface area contributed by atoms with Crippen molar-refractivity contribution in [3.8, 4) is 11.3 Å². The monoisotopic (exact) mass is 550 g/mol. The van der Waals surface area contributed by atoms with Crippen LogP contribution in [0.5, 0.6) is 0 Å². The fraction of sp³-hybridized carbons (Fsp3) is 0.448. The first-order valence-electron chi connectivity index (χ1n) is 13.2. The molecule has 0 radical (unpaired) electrons. The number of aromatic nitrogens is 2. The summed E-state index contributed by atoms with van der Waals surface area (Å²) < 4.78 is 10.9. The van der Waals surface area contributed by atoms with Crippen LogP contribution in [0.1, 0.15) is 60.1 Å². The lowest BCUT2D eigenvalue weighted by Gasteiger charge is -2.32. The molecule has 2 aliphatic rings. The molecule has 2 amide bonds. The van der Waals surface area contributed by atoms with Gasteiger partial charge in [0.05, 0.1) is 42.2 Å². The number of fused-ring (bicyclic) bond motifs is 1. The number of pyridine rings is 1. The molecule has 0 spiro atoms. The van der Waals surface area contributed by atoms with Crippen molar-refractivity contribution in [2.75, 3.05) is 19.8 Å². The SMILES string of the molecule is CC(C)(C)OC(=O)N1CCc2c(Cc3ccc(-c4cscn4)cc3)cc(C(=O)N[C@@H]3CCOC[C@H]3O)nc2C1. The summed E-state index contributed by atoms with van der Waals surface area (Å²) in [6.45, 7) is 6.96. The van der Waals surface area contributed by atoms with Gasteiger partial charge >= 0.3 is 6.09 Å². The van der Waals surface area contributed by atoms with Crippen LogP contribution in [0.25, 0.3) is 11.3 Å². The van der Waals surface area contributed by atoms with Crippen molar-refractivity contribution < 1.29 is 24.2 Å². The predicted octanol–water partition coefficient (Wildman–Crippen LogP) is 3.97. The molecule has 206 valence electrons. The minimum atomic E-state index is -0.765. The number of nitrogens with zero attached hydrogens (tertiary/aromatic N) is 3. The van der Waals surface area contributed by atoms with Gasteiger partial charge in [0.15, 0.2) is 0 Å². The Morgan fingerprint density at radius 1 is 1.26 bits per heavy atom. The standard InChI is InChI=1S/C29H34N4O5S/c1-29(2,3)38-28(36)33-10-8-21-20(12-18-4-6-19(7-5-18)25-16-39-17-30-25)13-23(31-24(21)14-33)27(35)32-22-9-11-37-15-26(22)34/h4-7,13,16-17,22,26,34H,8-12,14-15H2,1-3H3,(H,32,35)/t22-,26-/m1/s1. The first-order chi connectivity index (χ1) is 18.7. The van der Waals surface area contributed by atoms with Gasteiger partial charge in [0.1, 0.15) is 11.3 Å². The van der Waals surface area contributed by atoms with Gasteiger partial charge in [-0.2, -0.15) is 0 Å². The maximum absolute atomic E-state index is 13.3. The minimum Gasteiger partial charge on any atom is -0.444 e. The lowest BCUT2D eigenvalue weighted by molar-refractivity contribution is -0.0261. The van der Waals surface area contributed by atoms with E-state index in [1.807, 2.05) is 37.7 Å². The van der Waals surface area contributed by atoms with Crippen LogP contribution in [0, 0.1) is 0 Å². The van der Waals surface area contributed by atoms with Crippen LogP contribution in [0.2, 0.25) is 0 Å². The first kappa shape index (κ1) is 27.2. The second-order valence-corrected chi connectivity index (χ2v) is 11.7. The smallest absolute Gasteiger partial charge is 0.410 e. The van der Waals surface area contributed by atoms with Crippen molar-refractivity contribution in [2.45, 2.75) is 64.3 Å². The first-order valence-corrected chi connectivity index (χ1v) is 14.1. The number of thiazole rings is 1. The number of hydrogen-bond donors (Lipinski definition) is 2. The number of carbonyl (C=O) groups is 2. The average Bonchev–Trinajstić information content (AvgIpc) is 3.44. The number of ether oxygens (including phenoxy) is 2. The van der Waals surface area contributed by atoms with E-state index < -0.39 is 23.8 Å². The summed E-state index contributed by atoms with van der Waals surface area (Å²) >= 11 is 1.56. The summed E-state index contributed by atoms with van der Waals surface area (Å²) in [6, 6.07) is 9.72. The van der Waals surface area contributed by atoms with E-state index in [-0.39, 0.29) is 24.8 Å². The second-order valence-electron chi connectivity index (χ2n) is 11.0. The Balaban J connectivity index is 1.42. The molecular formula is C29H34N4O5S. The lowest BCUT2D eigenvalue weighted by atomic mass is 9.93. The molecule has 2 aliphatic heterocycles. The molecule has 2 N–H and O–H groups in total. The summed E-state index contributed by atoms with van der Waals surface area (Å²) in [5, 5.41) is 15.2. The fourth-order valence-electron chi connectivity index (χ4n) is 4.88. The van der Waals surface area contributed by atoms with Crippen LogP contribution in [-0.2, 0) is 28.9 Å². The van der Waals surface area contributed by atoms with E-state index in [2.05, 4.69) is 34.6 Å². The van der Waals surface area contributed by atoms with Crippen LogP contribution >= 0.6 is 11.3 Å². The molecule has 4 heterocycles. The number of aliphatic hydroxyl groups excluding tert-OH is 1. The molecule has 5 rings (SSSR count). The molecule has 10 heteroatoms. The van der Waals surface area contributed by atoms with Gasteiger partial charge in [0.2, 0.25) is 0 Å². The molecule has 3 aromatic rings. The van der Waals surface area contributed by atoms with Gasteiger partial charge in [0.25, 0.3) is 5.91 Å². The Bertz CT molecular complexity index is 1320. The zero-order valence-corrected chi connectivity index (χ0v) is 23.3. The molecule has 39 heavy (non-hydrogen) atoms. The number of benzene rings is 1. The summed E-state index contributed by atoms with van der Waals surface area (Å²) in [6.07, 6.45) is 0.610. The fourth-order valence-corrected chi connectivity index (χ4v) is 5.44. The normalized spacial score (nSPS) is 19.3. The maximum Gasteiger partial charge on any atom is 0.410 e. The molecule has 1 fully saturated rings. The highest BCUT2D eigenvalue weighted by molar-refractivity contribution is 7.07. The van der Waals surface area contributed by atoms with Crippen LogP contribution < -0.4 is 5.32 Å². The van der Waals surface area contributed by atoms with Crippen molar-refractivity contribution in [3.05, 3.63) is 69.3 Å². The number of hydrogen-bond acceptors (Lipinski definition) is 8. The van der Waals surface area contributed by atoms with Gasteiger partial charge in [-0.1, -0.05) is 24.3 Å². The lowest BCUT2D eigenvalue weighted by Crippen LogP contribution is -2.49. The highest BCUT2D eigenvalue weighted by atomic mass is 32.1. The second kappa shape index (κ2) is 11.4. The van der Waals surface area contributed by atoms with E-state index in [4.69, 9.17) is 14.5 Å². The molecule has 2 atom stereocenters. The van der Waals surface area contributed by atoms with Crippen LogP contribution in [0.15, 0.2) is 41.2 Å². The number of nitrogens with one attached hydrogen (secondary N) is 1. The Hall–Kier alpha value is -3.34. The zero-order chi connectivity index (χ0) is 27.6. The minimum absolute atomic E-state index is 0.190. The van der Waals surface area contributed by atoms with E-state index in [1.165, 1.54) is 0 Å². The number of rotatable bonds is 5. The molecule has 0 saturated carbocycles. The van der Waals surface area contributed by atoms with Gasteiger partial charge in [-0.05, 0) is 62.8 Å². The van der Waals surface area contributed by atoms with Gasteiger partial charge < -0.3 is 24.8 Å². The van der Waals surface area contributed by atoms with Gasteiger partial charge in [-0.25, -0.2) is 14.8 Å². The third kappa shape index (κ3) is 6.63. The van der Waals surface area contributed by atoms with Gasteiger partial charge in [-0.15, -0.1) is 11.3 Å². The summed E-state index contributed by atoms with van der Waals surface area (Å²) in [7, 11) is 0. The molecule has 0 aliphatic carbocycles. The van der Waals surface area contributed by atoms with E-state index in [0.29, 0.717) is 38.1 Å². The zero-order valence-electron chi connectivity index (χ0n) is 22.5. The Morgan fingerprint density at radius 2 is 2.05 bits per heavy atom. The molecule has 1 aromatic carbocycles. The van der Waals surface area contributed by atoms with Crippen molar-refractivity contribution in [1.29, 1.82) is 0 Å². The third-order valence-corrected chi connectivity index (χ3v) is 7.46. The molecule has 1 saturated heterocycles. The van der Waals surface area contributed by atoms with E-state index in [9.17, 15) is 14.7 Å². The number of carbonyl (C=O) groups excluding carboxylic acids is 2. The average molecular weight is 551 g/mol. The highest BCUT2D eigenvalue weighted by Crippen LogP contribution is 2.27. The van der Waals surface area contributed by atoms with Crippen molar-refractivity contribution in [1.82, 2.24) is 20.2 Å². The van der Waals surface area contributed by atoms with Crippen LogP contribution in [-0.4, -0.2) is 69.5 Å². The van der Waals surface area contributed by atoms with Crippen molar-refractivity contribution in [2.24, 2.45) is 0 Å². The van der Waals surface area contributed by atoms with E-state index in [1.54, 1.807) is 16.2 Å². The van der Waals surface area contributed by atoms with E-state index in [0.717, 1.165) is 27.9 Å². The molecular weight excluding hydrogens is 516 g/mol. The van der Waals surface area contributed by atoms with Crippen LogP contribution in [0.4, 0.5) is 4.79 Å². The number of aliphatic hydroxyl groups is 1. The molecule has 9 nitrogen and oxygen atoms in total. The largest absolute Gasteiger partial charge is 0.444 e. The Morgan fingerprint density at radius 3 is 2.74 bits per heavy atom. The Kier molecular flexibility index (Phi) is 7.97. The summed E-state index contributed by atoms with van der Waals surface area (Å²) in [5.74, 6) is -0.349. The predicted molar refractivity (Wildman–Crippen MR) is 148 cm³/mol. The van der Waals surface area contributed by atoms with Gasteiger partial charge in [-0.3, -0.25) is 4.79 Å². The highest BCUT2D eigenvalue weighted by Gasteiger charge is 2.30. The van der Waals surface area contributed by atoms with Crippen molar-refractivity contribution in [3.63, 3.8) is 0 Å². The number of amides is 2. The van der Waals surface area contributed by atoms with Gasteiger partial charge in [0, 0.05) is 24.1 Å². The molecule has 2 aromatic heterocycles. The molecule has 0 bridgehead atoms. The Labute approximate surface area is 232 Å². The van der Waals surface area contributed by atoms with Crippen LogP contribution in [0.3, 0.4) is 0 Å². The topological polar surface area (TPSA) is 114 Å². The van der Waals surface area contributed by atoms with E-state index >= 15 is 0 Å². The quantitative estimate of drug-likeness (QED) is 0.494.